The lowest BCUT2D eigenvalue weighted by Gasteiger charge is -2.40. The van der Waals surface area contributed by atoms with Gasteiger partial charge in [0.2, 0.25) is 0 Å². The van der Waals surface area contributed by atoms with Gasteiger partial charge >= 0.3 is 11.9 Å². The summed E-state index contributed by atoms with van der Waals surface area (Å²) in [5.41, 5.74) is 11.8. The summed E-state index contributed by atoms with van der Waals surface area (Å²) in [6, 6.07) is 24.1. The number of aliphatic carboxylic acids is 1. The molecule has 20 heteroatoms. The van der Waals surface area contributed by atoms with Crippen LogP contribution >= 0.6 is 0 Å². The molecule has 6 aliphatic rings. The molecule has 4 atom stereocenters. The standard InChI is InChI=1S/C39H47FN6O3.C37H43FN6O3/c1-4-49-39(48)29-7-5-16-44(22-29)37-19-36-34(18-35(37)40)38(47)30(24-46(36)31-11-12-31)23-45(21-28-13-14-41-27(3)17-28)33-8-6-15-43(25-33)32-10-9-26(2)42-20-32;1-24-7-8-30(18-40-24)41-13-4-6-31(23-41)43(19-26-11-12-39-25(2)15-26)21-28-22-44(29-9-10-29)34-17-35(33(38)16-32(34)36(28)45)42-14-3-5-27(20-42)37(46)47/h9-10,13-14,17-20,24,29,31,33H,4-8,11-12,15-16,21-23,25H2,1-3H3;7-8,11-12,15-18,22,27,29,31H,3-6,9-10,13-14,19-21,23H2,1-2H3,(H,46,47)/t29?,33-;27?,31-/m00/s1. The molecule has 0 amide bonds. The zero-order valence-corrected chi connectivity index (χ0v) is 56.1. The van der Waals surface area contributed by atoms with Crippen LogP contribution in [-0.4, -0.2) is 127 Å². The van der Waals surface area contributed by atoms with Gasteiger partial charge in [-0.2, -0.15) is 0 Å². The highest BCUT2D eigenvalue weighted by Crippen LogP contribution is 2.41. The van der Waals surface area contributed by atoms with Gasteiger partial charge in [0.15, 0.2) is 10.9 Å². The fraction of sp³-hybridized carbons (Fsp3) is 0.474. The quantitative estimate of drug-likeness (QED) is 0.0755. The Kier molecular flexibility index (Phi) is 19.9. The molecule has 8 aromatic rings. The third-order valence-electron chi connectivity index (χ3n) is 20.5. The number of piperidine rings is 4. The Morgan fingerprint density at radius 2 is 0.958 bits per heavy atom. The van der Waals surface area contributed by atoms with Gasteiger partial charge in [0.05, 0.1) is 64.6 Å². The average Bonchev–Trinajstić information content (AvgIpc) is 1.40. The molecule has 14 rings (SSSR count). The molecule has 10 heterocycles. The van der Waals surface area contributed by atoms with Crippen molar-refractivity contribution < 1.29 is 28.2 Å². The molecule has 504 valence electrons. The molecule has 4 aliphatic heterocycles. The number of hydrogen-bond acceptors (Lipinski definition) is 15. The molecule has 0 spiro atoms. The molecule has 18 nitrogen and oxygen atoms in total. The summed E-state index contributed by atoms with van der Waals surface area (Å²) in [5.74, 6) is -2.79. The minimum absolute atomic E-state index is 0.119. The highest BCUT2D eigenvalue weighted by Gasteiger charge is 2.35. The number of pyridine rings is 6. The first kappa shape index (κ1) is 66.0. The number of carbonyl (C=O) groups excluding carboxylic acids is 1. The second-order valence-corrected chi connectivity index (χ2v) is 27.8. The van der Waals surface area contributed by atoms with Crippen LogP contribution in [0.5, 0.6) is 0 Å². The molecule has 96 heavy (non-hydrogen) atoms. The summed E-state index contributed by atoms with van der Waals surface area (Å²) in [4.78, 5) is 84.1. The second kappa shape index (κ2) is 29.0. The monoisotopic (exact) mass is 1300 g/mol. The third-order valence-corrected chi connectivity index (χ3v) is 20.5. The maximum Gasteiger partial charge on any atom is 0.310 e. The van der Waals surface area contributed by atoms with Gasteiger partial charge in [0, 0.05) is 172 Å². The van der Waals surface area contributed by atoms with Crippen LogP contribution < -0.4 is 30.5 Å². The van der Waals surface area contributed by atoms with E-state index in [4.69, 9.17) is 4.74 Å². The molecule has 1 N–H and O–H groups in total. The van der Waals surface area contributed by atoms with Crippen LogP contribution in [0.2, 0.25) is 0 Å². The summed E-state index contributed by atoms with van der Waals surface area (Å²) in [6.45, 7) is 17.9. The second-order valence-electron chi connectivity index (χ2n) is 27.8. The number of halogens is 2. The normalized spacial score (nSPS) is 20.1. The summed E-state index contributed by atoms with van der Waals surface area (Å²) >= 11 is 0. The van der Waals surface area contributed by atoms with Crippen molar-refractivity contribution in [2.24, 2.45) is 11.8 Å². The van der Waals surface area contributed by atoms with E-state index >= 15 is 8.78 Å². The Labute approximate surface area is 560 Å². The van der Waals surface area contributed by atoms with Crippen LogP contribution in [0.4, 0.5) is 31.5 Å². The van der Waals surface area contributed by atoms with Crippen molar-refractivity contribution in [3.05, 3.63) is 187 Å². The largest absolute Gasteiger partial charge is 0.481 e. The molecule has 4 saturated heterocycles. The van der Waals surface area contributed by atoms with Gasteiger partial charge in [-0.05, 0) is 196 Å². The molecule has 2 aromatic carbocycles. The molecule has 0 bridgehead atoms. The van der Waals surface area contributed by atoms with E-state index < -0.39 is 23.5 Å². The van der Waals surface area contributed by atoms with Gasteiger partial charge in [-0.25, -0.2) is 8.78 Å². The zero-order valence-electron chi connectivity index (χ0n) is 56.1. The number of anilines is 4. The lowest BCUT2D eigenvalue weighted by molar-refractivity contribution is -0.148. The van der Waals surface area contributed by atoms with Crippen LogP contribution in [-0.2, 0) is 40.5 Å². The molecule has 0 radical (unpaired) electrons. The zero-order chi connectivity index (χ0) is 66.7. The smallest absolute Gasteiger partial charge is 0.310 e. The Hall–Kier alpha value is -8.62. The summed E-state index contributed by atoms with van der Waals surface area (Å²) in [5, 5.41) is 10.4. The van der Waals surface area contributed by atoms with Gasteiger partial charge in [0.1, 0.15) is 11.6 Å². The van der Waals surface area contributed by atoms with Gasteiger partial charge in [-0.3, -0.25) is 48.9 Å². The molecule has 2 unspecified atom stereocenters. The van der Waals surface area contributed by atoms with Crippen molar-refractivity contribution in [2.75, 3.05) is 78.6 Å². The highest BCUT2D eigenvalue weighted by molar-refractivity contribution is 5.86. The lowest BCUT2D eigenvalue weighted by Crippen LogP contribution is -2.48. The summed E-state index contributed by atoms with van der Waals surface area (Å²) < 4.78 is 41.5. The minimum Gasteiger partial charge on any atom is -0.481 e. The first-order chi connectivity index (χ1) is 46.5. The first-order valence-electron chi connectivity index (χ1n) is 34.8. The topological polar surface area (TPSA) is 179 Å². The number of hydrogen-bond donors (Lipinski definition) is 1. The van der Waals surface area contributed by atoms with Crippen LogP contribution in [0.3, 0.4) is 0 Å². The molecule has 2 saturated carbocycles. The number of esters is 1. The number of nitrogens with zero attached hydrogens (tertiary/aromatic N) is 12. The molecule has 2 aliphatic carbocycles. The van der Waals surface area contributed by atoms with Crippen LogP contribution in [0.15, 0.2) is 120 Å². The Balaban J connectivity index is 0.000000174. The number of carbonyl (C=O) groups is 2. The van der Waals surface area contributed by atoms with Crippen LogP contribution in [0.1, 0.15) is 141 Å². The number of aromatic nitrogens is 6. The molecule has 6 fully saturated rings. The maximum atomic E-state index is 16.0. The van der Waals surface area contributed by atoms with Gasteiger partial charge < -0.3 is 38.6 Å². The molecular formula is C76H90F2N12O6. The predicted molar refractivity (Wildman–Crippen MR) is 372 cm³/mol. The maximum absolute atomic E-state index is 16.0. The number of rotatable bonds is 19. The fourth-order valence-corrected chi connectivity index (χ4v) is 15.1. The lowest BCUT2D eigenvalue weighted by atomic mass is 9.97. The van der Waals surface area contributed by atoms with E-state index in [0.29, 0.717) is 98.5 Å². The number of carboxylic acid groups (broad SMARTS) is 1. The predicted octanol–water partition coefficient (Wildman–Crippen LogP) is 12.2. The van der Waals surface area contributed by atoms with Crippen molar-refractivity contribution >= 4 is 56.5 Å². The van der Waals surface area contributed by atoms with Crippen molar-refractivity contribution in [1.29, 1.82) is 0 Å². The van der Waals surface area contributed by atoms with Crippen LogP contribution in [0, 0.1) is 51.2 Å². The number of benzene rings is 2. The highest BCUT2D eigenvalue weighted by atomic mass is 19.1. The Morgan fingerprint density at radius 3 is 1.38 bits per heavy atom. The van der Waals surface area contributed by atoms with Crippen molar-refractivity contribution in [3.8, 4) is 0 Å². The van der Waals surface area contributed by atoms with E-state index in [9.17, 15) is 24.3 Å². The van der Waals surface area contributed by atoms with Gasteiger partial charge in [-0.1, -0.05) is 0 Å². The van der Waals surface area contributed by atoms with Gasteiger partial charge in [-0.15, -0.1) is 0 Å². The SMILES string of the molecule is CCOC(=O)C1CCCN(c2cc3c(cc2F)c(=O)c(CN(Cc2ccnc(C)c2)[C@H]2CCCN(c4ccc(C)nc4)C2)cn3C2CC2)C1.Cc1ccc(N2CCC[C@H](N(Cc3ccnc(C)c3)Cc3cn(C4CC4)c4cc(N5CCCC(C(=O)O)C5)c(F)cc4c3=O)C2)cn1. The van der Waals surface area contributed by atoms with Crippen LogP contribution in [0.25, 0.3) is 21.8 Å². The first-order valence-corrected chi connectivity index (χ1v) is 34.8. The minimum atomic E-state index is -0.849. The number of carboxylic acids is 1. The van der Waals surface area contributed by atoms with E-state index in [1.165, 1.54) is 12.1 Å². The third kappa shape index (κ3) is 15.1. The van der Waals surface area contributed by atoms with E-state index in [2.05, 4.69) is 85.1 Å². The molecular weight excluding hydrogens is 1210 g/mol. The van der Waals surface area contributed by atoms with E-state index in [-0.39, 0.29) is 53.5 Å². The Bertz CT molecular complexity index is 4250. The molecule has 6 aromatic heterocycles. The number of aryl methyl sites for hydroxylation is 4. The van der Waals surface area contributed by atoms with Crippen molar-refractivity contribution in [2.45, 2.75) is 162 Å². The van der Waals surface area contributed by atoms with E-state index in [1.54, 1.807) is 13.0 Å². The summed E-state index contributed by atoms with van der Waals surface area (Å²) in [7, 11) is 0. The van der Waals surface area contributed by atoms with E-state index in [0.717, 1.165) is 147 Å². The average molecular weight is 1310 g/mol. The fourth-order valence-electron chi connectivity index (χ4n) is 15.1. The number of fused-ring (bicyclic) bond motifs is 2. The Morgan fingerprint density at radius 1 is 0.521 bits per heavy atom. The van der Waals surface area contributed by atoms with Crippen molar-refractivity contribution in [1.82, 2.24) is 38.9 Å². The van der Waals surface area contributed by atoms with Gasteiger partial charge in [0.25, 0.3) is 0 Å². The van der Waals surface area contributed by atoms with E-state index in [1.807, 2.05) is 92.9 Å². The van der Waals surface area contributed by atoms with Crippen molar-refractivity contribution in [3.63, 3.8) is 0 Å². The summed E-state index contributed by atoms with van der Waals surface area (Å²) in [6.07, 6.45) is 22.6. The number of ether oxygens (including phenoxy) is 1.